The van der Waals surface area contributed by atoms with Crippen molar-refractivity contribution < 1.29 is 14.3 Å². The number of hydrogen-bond acceptors (Lipinski definition) is 5. The quantitative estimate of drug-likeness (QED) is 0.659. The van der Waals surface area contributed by atoms with Gasteiger partial charge in [-0.05, 0) is 6.42 Å². The molecule has 1 aliphatic rings. The van der Waals surface area contributed by atoms with E-state index in [0.717, 1.165) is 6.42 Å². The van der Waals surface area contributed by atoms with Crippen LogP contribution in [0.15, 0.2) is 0 Å². The normalized spacial score (nSPS) is 19.4. The molecule has 1 aromatic heterocycles. The summed E-state index contributed by atoms with van der Waals surface area (Å²) in [6, 6.07) is -0.0985. The molecule has 2 amide bonds. The van der Waals surface area contributed by atoms with Crippen LogP contribution in [0.2, 0.25) is 0 Å². The summed E-state index contributed by atoms with van der Waals surface area (Å²) in [6.07, 6.45) is 0.827. The number of urea groups is 1. The van der Waals surface area contributed by atoms with Crippen LogP contribution in [0.1, 0.15) is 6.42 Å². The molecule has 1 saturated heterocycles. The monoisotopic (exact) mass is 227 g/mol. The molecule has 8 heteroatoms. The van der Waals surface area contributed by atoms with Crippen molar-refractivity contribution in [3.63, 3.8) is 0 Å². The second kappa shape index (κ2) is 4.79. The van der Waals surface area contributed by atoms with Crippen molar-refractivity contribution in [2.45, 2.75) is 12.5 Å². The molecule has 0 spiro atoms. The smallest absolute Gasteiger partial charge is 0.336 e. The van der Waals surface area contributed by atoms with Crippen molar-refractivity contribution >= 4 is 12.0 Å². The first-order chi connectivity index (χ1) is 7.78. The topological polar surface area (TPSA) is 101 Å². The Labute approximate surface area is 91.7 Å². The number of carbonyl (C=O) groups excluding carboxylic acids is 1. The zero-order valence-corrected chi connectivity index (χ0v) is 8.82. The Morgan fingerprint density at radius 3 is 3.19 bits per heavy atom. The summed E-state index contributed by atoms with van der Waals surface area (Å²) in [4.78, 5) is 15.3. The molecule has 0 radical (unpaired) electrons. The number of aromatic amines is 1. The fraction of sp³-hybridized carbons (Fsp3) is 0.625. The molecular weight excluding hydrogens is 214 g/mol. The van der Waals surface area contributed by atoms with Crippen LogP contribution in [-0.4, -0.2) is 47.6 Å². The molecule has 0 aromatic carbocycles. The Kier molecular flexibility index (Phi) is 3.20. The molecule has 1 atom stereocenters. The Morgan fingerprint density at radius 1 is 1.69 bits per heavy atom. The molecule has 1 unspecified atom stereocenters. The Bertz CT molecular complexity index is 360. The number of carbonyl (C=O) groups is 1. The lowest BCUT2D eigenvalue weighted by Gasteiger charge is -2.09. The summed E-state index contributed by atoms with van der Waals surface area (Å²) < 4.78 is 9.90. The first-order valence-corrected chi connectivity index (χ1v) is 4.89. The summed E-state index contributed by atoms with van der Waals surface area (Å²) in [7, 11) is 1.45. The number of H-pyrrole nitrogens is 1. The number of anilines is 1. The molecular formula is C8H13N5O3. The third-order valence-corrected chi connectivity index (χ3v) is 2.14. The first kappa shape index (κ1) is 10.7. The van der Waals surface area contributed by atoms with Crippen LogP contribution < -0.4 is 15.4 Å². The lowest BCUT2D eigenvalue weighted by Crippen LogP contribution is -2.38. The fourth-order valence-electron chi connectivity index (χ4n) is 1.37. The minimum Gasteiger partial charge on any atom is -0.466 e. The van der Waals surface area contributed by atoms with Gasteiger partial charge in [-0.2, -0.15) is 4.98 Å². The van der Waals surface area contributed by atoms with E-state index in [-0.39, 0.29) is 24.0 Å². The number of nitrogens with zero attached hydrogens (tertiary/aromatic N) is 2. The number of methoxy groups -OCH3 is 1. The van der Waals surface area contributed by atoms with Gasteiger partial charge in [-0.3, -0.25) is 5.32 Å². The molecule has 3 N–H and O–H groups in total. The van der Waals surface area contributed by atoms with Crippen LogP contribution in [0.25, 0.3) is 0 Å². The van der Waals surface area contributed by atoms with Crippen molar-refractivity contribution in [1.29, 1.82) is 0 Å². The van der Waals surface area contributed by atoms with Gasteiger partial charge in [-0.25, -0.2) is 9.89 Å². The van der Waals surface area contributed by atoms with Crippen molar-refractivity contribution in [2.75, 3.05) is 25.6 Å². The van der Waals surface area contributed by atoms with Gasteiger partial charge >= 0.3 is 12.0 Å². The summed E-state index contributed by atoms with van der Waals surface area (Å²) in [6.45, 7) is 1.23. The molecule has 16 heavy (non-hydrogen) atoms. The van der Waals surface area contributed by atoms with E-state index in [1.54, 1.807) is 0 Å². The second-order valence-electron chi connectivity index (χ2n) is 3.33. The molecule has 1 aliphatic heterocycles. The number of hydrogen-bond donors (Lipinski definition) is 3. The van der Waals surface area contributed by atoms with E-state index in [9.17, 15) is 4.79 Å². The van der Waals surface area contributed by atoms with E-state index in [4.69, 9.17) is 9.47 Å². The zero-order chi connectivity index (χ0) is 11.4. The van der Waals surface area contributed by atoms with E-state index >= 15 is 0 Å². The summed E-state index contributed by atoms with van der Waals surface area (Å²) in [5.74, 6) is 0.244. The van der Waals surface area contributed by atoms with Crippen LogP contribution in [0, 0.1) is 0 Å². The van der Waals surface area contributed by atoms with Gasteiger partial charge in [-0.1, -0.05) is 0 Å². The molecule has 1 aromatic rings. The van der Waals surface area contributed by atoms with E-state index in [2.05, 4.69) is 25.8 Å². The second-order valence-corrected chi connectivity index (χ2v) is 3.33. The number of amides is 2. The average Bonchev–Trinajstić information content (AvgIpc) is 2.89. The summed E-state index contributed by atoms with van der Waals surface area (Å²) >= 11 is 0. The predicted octanol–water partition coefficient (Wildman–Crippen LogP) is -0.276. The van der Waals surface area contributed by atoms with Gasteiger partial charge in [0.05, 0.1) is 19.8 Å². The van der Waals surface area contributed by atoms with Gasteiger partial charge in [0, 0.05) is 6.61 Å². The number of rotatable bonds is 3. The maximum atomic E-state index is 11.5. The highest BCUT2D eigenvalue weighted by atomic mass is 16.5. The highest BCUT2D eigenvalue weighted by Gasteiger charge is 2.18. The standard InChI is InChI=1S/C8H13N5O3/c1-15-8-11-6(12-13-8)10-7(14)9-5-2-3-16-4-5/h5H,2-4H2,1H3,(H3,9,10,11,12,13,14). The van der Waals surface area contributed by atoms with Crippen molar-refractivity contribution in [2.24, 2.45) is 0 Å². The van der Waals surface area contributed by atoms with Crippen LogP contribution >= 0.6 is 0 Å². The Balaban J connectivity index is 1.81. The highest BCUT2D eigenvalue weighted by Crippen LogP contribution is 2.06. The minimum atomic E-state index is -0.339. The van der Waals surface area contributed by atoms with Crippen LogP contribution in [-0.2, 0) is 4.74 Å². The lowest BCUT2D eigenvalue weighted by molar-refractivity contribution is 0.189. The first-order valence-electron chi connectivity index (χ1n) is 4.89. The van der Waals surface area contributed by atoms with E-state index < -0.39 is 0 Å². The van der Waals surface area contributed by atoms with Gasteiger partial charge in [-0.15, -0.1) is 5.10 Å². The zero-order valence-electron chi connectivity index (χ0n) is 8.82. The number of aromatic nitrogens is 3. The molecule has 8 nitrogen and oxygen atoms in total. The average molecular weight is 227 g/mol. The van der Waals surface area contributed by atoms with Gasteiger partial charge in [0.2, 0.25) is 5.95 Å². The van der Waals surface area contributed by atoms with Crippen LogP contribution in [0.3, 0.4) is 0 Å². The van der Waals surface area contributed by atoms with E-state index in [1.807, 2.05) is 0 Å². The van der Waals surface area contributed by atoms with Crippen molar-refractivity contribution in [1.82, 2.24) is 20.5 Å². The van der Waals surface area contributed by atoms with E-state index in [1.165, 1.54) is 7.11 Å². The summed E-state index contributed by atoms with van der Waals surface area (Å²) in [5, 5.41) is 11.5. The maximum Gasteiger partial charge on any atom is 0.336 e. The fourth-order valence-corrected chi connectivity index (χ4v) is 1.37. The minimum absolute atomic E-state index is 0.0600. The Morgan fingerprint density at radius 2 is 2.56 bits per heavy atom. The Hall–Kier alpha value is -1.83. The van der Waals surface area contributed by atoms with Gasteiger partial charge in [0.1, 0.15) is 0 Å². The molecule has 0 aliphatic carbocycles. The van der Waals surface area contributed by atoms with Gasteiger partial charge in [0.15, 0.2) is 0 Å². The summed E-state index contributed by atoms with van der Waals surface area (Å²) in [5.41, 5.74) is 0. The SMILES string of the molecule is COc1n[nH]c(NC(=O)NC2CCOC2)n1. The molecule has 2 rings (SSSR count). The van der Waals surface area contributed by atoms with Gasteiger partial charge in [0.25, 0.3) is 0 Å². The lowest BCUT2D eigenvalue weighted by atomic mass is 10.3. The third kappa shape index (κ3) is 2.60. The van der Waals surface area contributed by atoms with E-state index in [0.29, 0.717) is 13.2 Å². The van der Waals surface area contributed by atoms with Crippen molar-refractivity contribution in [3.8, 4) is 6.01 Å². The predicted molar refractivity (Wildman–Crippen MR) is 54.3 cm³/mol. The van der Waals surface area contributed by atoms with Crippen LogP contribution in [0.4, 0.5) is 10.7 Å². The maximum absolute atomic E-state index is 11.5. The molecule has 88 valence electrons. The molecule has 1 fully saturated rings. The van der Waals surface area contributed by atoms with Crippen LogP contribution in [0.5, 0.6) is 6.01 Å². The third-order valence-electron chi connectivity index (χ3n) is 2.14. The largest absolute Gasteiger partial charge is 0.466 e. The number of ether oxygens (including phenoxy) is 2. The molecule has 0 bridgehead atoms. The van der Waals surface area contributed by atoms with Gasteiger partial charge < -0.3 is 14.8 Å². The van der Waals surface area contributed by atoms with Crippen molar-refractivity contribution in [3.05, 3.63) is 0 Å². The molecule has 2 heterocycles. The highest BCUT2D eigenvalue weighted by molar-refractivity contribution is 5.87. The molecule has 0 saturated carbocycles. The number of nitrogens with one attached hydrogen (secondary N) is 3.